The molecule has 1 amide bonds. The molecule has 21 heavy (non-hydrogen) atoms. The van der Waals surface area contributed by atoms with Crippen molar-refractivity contribution in [3.8, 4) is 0 Å². The second kappa shape index (κ2) is 6.31. The first-order valence-electron chi connectivity index (χ1n) is 6.81. The normalized spacial score (nSPS) is 10.9. The molecule has 2 rings (SSSR count). The van der Waals surface area contributed by atoms with Gasteiger partial charge in [-0.1, -0.05) is 6.07 Å². The second-order valence-corrected chi connectivity index (χ2v) is 5.11. The van der Waals surface area contributed by atoms with Gasteiger partial charge in [0.15, 0.2) is 0 Å². The van der Waals surface area contributed by atoms with Crippen LogP contribution in [0.4, 0.5) is 0 Å². The molecule has 1 aromatic carbocycles. The number of aromatic nitrogens is 1. The van der Waals surface area contributed by atoms with Gasteiger partial charge in [0.25, 0.3) is 5.91 Å². The molecule has 0 aliphatic rings. The van der Waals surface area contributed by atoms with E-state index in [0.717, 1.165) is 5.56 Å². The number of nitrogens with zero attached hydrogens (tertiary/aromatic N) is 2. The third-order valence-corrected chi connectivity index (χ3v) is 3.71. The molecule has 1 N–H and O–H groups in total. The second-order valence-electron chi connectivity index (χ2n) is 5.11. The first-order chi connectivity index (χ1) is 10.0. The van der Waals surface area contributed by atoms with E-state index in [4.69, 9.17) is 0 Å². The lowest BCUT2D eigenvalue weighted by molar-refractivity contribution is 0.0955. The van der Waals surface area contributed by atoms with Crippen molar-refractivity contribution in [3.63, 3.8) is 0 Å². The Morgan fingerprint density at radius 3 is 2.43 bits per heavy atom. The number of carbonyl (C=O) groups excluding carboxylic acids is 1. The molecule has 1 aromatic heterocycles. The molecule has 2 aromatic rings. The fraction of sp³-hybridized carbons (Fsp3) is 0.235. The SMILES string of the molecule is Cc1cc(C)c(C)c(C=NNC(=O)c2cccnc2)c1C. The number of benzene rings is 1. The molecule has 0 bridgehead atoms. The maximum Gasteiger partial charge on any atom is 0.272 e. The van der Waals surface area contributed by atoms with E-state index in [0.29, 0.717) is 5.56 Å². The Morgan fingerprint density at radius 2 is 1.86 bits per heavy atom. The highest BCUT2D eigenvalue weighted by atomic mass is 16.2. The Balaban J connectivity index is 2.18. The van der Waals surface area contributed by atoms with Crippen molar-refractivity contribution in [2.24, 2.45) is 5.10 Å². The van der Waals surface area contributed by atoms with Crippen LogP contribution in [0.25, 0.3) is 0 Å². The lowest BCUT2D eigenvalue weighted by Crippen LogP contribution is -2.18. The van der Waals surface area contributed by atoms with Gasteiger partial charge < -0.3 is 0 Å². The highest BCUT2D eigenvalue weighted by Gasteiger charge is 2.07. The Hall–Kier alpha value is -2.49. The molecule has 1 heterocycles. The average molecular weight is 281 g/mol. The van der Waals surface area contributed by atoms with E-state index in [-0.39, 0.29) is 5.91 Å². The average Bonchev–Trinajstić information content (AvgIpc) is 2.49. The van der Waals surface area contributed by atoms with Gasteiger partial charge in [0, 0.05) is 18.0 Å². The number of hydrogen-bond donors (Lipinski definition) is 1. The number of pyridine rings is 1. The molecule has 0 unspecified atom stereocenters. The van der Waals surface area contributed by atoms with Crippen LogP contribution in [0.1, 0.15) is 38.2 Å². The topological polar surface area (TPSA) is 54.4 Å². The zero-order valence-corrected chi connectivity index (χ0v) is 12.8. The maximum absolute atomic E-state index is 11.9. The van der Waals surface area contributed by atoms with E-state index >= 15 is 0 Å². The van der Waals surface area contributed by atoms with Crippen LogP contribution < -0.4 is 5.43 Å². The summed E-state index contributed by atoms with van der Waals surface area (Å²) in [7, 11) is 0. The number of amides is 1. The van der Waals surface area contributed by atoms with Crippen LogP contribution >= 0.6 is 0 Å². The van der Waals surface area contributed by atoms with Gasteiger partial charge >= 0.3 is 0 Å². The zero-order valence-electron chi connectivity index (χ0n) is 12.8. The largest absolute Gasteiger partial charge is 0.272 e. The quantitative estimate of drug-likeness (QED) is 0.694. The van der Waals surface area contributed by atoms with Crippen LogP contribution in [0.15, 0.2) is 35.7 Å². The van der Waals surface area contributed by atoms with Gasteiger partial charge in [-0.3, -0.25) is 9.78 Å². The van der Waals surface area contributed by atoms with Gasteiger partial charge in [-0.05, 0) is 62.1 Å². The molecule has 0 aliphatic heterocycles. The summed E-state index contributed by atoms with van der Waals surface area (Å²) in [5.74, 6) is -0.265. The van der Waals surface area contributed by atoms with E-state index in [1.165, 1.54) is 28.5 Å². The summed E-state index contributed by atoms with van der Waals surface area (Å²) >= 11 is 0. The number of aryl methyl sites for hydroxylation is 2. The molecule has 4 heteroatoms. The molecule has 0 fully saturated rings. The number of carbonyl (C=O) groups is 1. The van der Waals surface area contributed by atoms with Gasteiger partial charge in [-0.2, -0.15) is 5.10 Å². The zero-order chi connectivity index (χ0) is 15.4. The van der Waals surface area contributed by atoms with Crippen LogP contribution in [-0.2, 0) is 0 Å². The monoisotopic (exact) mass is 281 g/mol. The summed E-state index contributed by atoms with van der Waals surface area (Å²) in [6, 6.07) is 5.58. The maximum atomic E-state index is 11.9. The van der Waals surface area contributed by atoms with Crippen molar-refractivity contribution in [1.82, 2.24) is 10.4 Å². The summed E-state index contributed by atoms with van der Waals surface area (Å²) in [6.07, 6.45) is 4.85. The van der Waals surface area contributed by atoms with Gasteiger partial charge in [-0.25, -0.2) is 5.43 Å². The molecule has 4 nitrogen and oxygen atoms in total. The minimum Gasteiger partial charge on any atom is -0.267 e. The third kappa shape index (κ3) is 3.34. The van der Waals surface area contributed by atoms with Gasteiger partial charge in [0.05, 0.1) is 11.8 Å². The third-order valence-electron chi connectivity index (χ3n) is 3.71. The van der Waals surface area contributed by atoms with E-state index in [9.17, 15) is 4.79 Å². The van der Waals surface area contributed by atoms with E-state index in [2.05, 4.69) is 49.3 Å². The van der Waals surface area contributed by atoms with Crippen LogP contribution in [0.5, 0.6) is 0 Å². The molecule has 0 aliphatic carbocycles. The van der Waals surface area contributed by atoms with Crippen molar-refractivity contribution in [2.75, 3.05) is 0 Å². The van der Waals surface area contributed by atoms with Crippen molar-refractivity contribution >= 4 is 12.1 Å². The van der Waals surface area contributed by atoms with Crippen molar-refractivity contribution in [3.05, 3.63) is 64.0 Å². The molecule has 0 atom stereocenters. The highest BCUT2D eigenvalue weighted by molar-refractivity contribution is 5.94. The highest BCUT2D eigenvalue weighted by Crippen LogP contribution is 2.19. The minimum absolute atomic E-state index is 0.265. The van der Waals surface area contributed by atoms with Gasteiger partial charge in [-0.15, -0.1) is 0 Å². The summed E-state index contributed by atoms with van der Waals surface area (Å²) in [5, 5.41) is 4.07. The summed E-state index contributed by atoms with van der Waals surface area (Å²) in [4.78, 5) is 15.8. The lowest BCUT2D eigenvalue weighted by Gasteiger charge is -2.11. The molecule has 108 valence electrons. The molecular formula is C17H19N3O. The predicted octanol–water partition coefficient (Wildman–Crippen LogP) is 3.08. The molecule has 0 spiro atoms. The standard InChI is InChI=1S/C17H19N3O/c1-11-8-12(2)14(4)16(13(11)3)10-19-20-17(21)15-6-5-7-18-9-15/h5-10H,1-4H3,(H,20,21). The smallest absolute Gasteiger partial charge is 0.267 e. The van der Waals surface area contributed by atoms with Crippen LogP contribution in [0.3, 0.4) is 0 Å². The fourth-order valence-corrected chi connectivity index (χ4v) is 2.16. The number of rotatable bonds is 3. The number of nitrogens with one attached hydrogen (secondary N) is 1. The van der Waals surface area contributed by atoms with Crippen LogP contribution in [0.2, 0.25) is 0 Å². The summed E-state index contributed by atoms with van der Waals surface area (Å²) in [6.45, 7) is 8.28. The minimum atomic E-state index is -0.265. The number of hydrazone groups is 1. The first kappa shape index (κ1) is 14.9. The predicted molar refractivity (Wildman–Crippen MR) is 84.7 cm³/mol. The first-order valence-corrected chi connectivity index (χ1v) is 6.81. The Kier molecular flexibility index (Phi) is 4.48. The van der Waals surface area contributed by atoms with E-state index in [1.54, 1.807) is 24.5 Å². The van der Waals surface area contributed by atoms with Crippen molar-refractivity contribution in [2.45, 2.75) is 27.7 Å². The van der Waals surface area contributed by atoms with Crippen LogP contribution in [-0.4, -0.2) is 17.1 Å². The Bertz CT molecular complexity index is 665. The fourth-order valence-electron chi connectivity index (χ4n) is 2.16. The van der Waals surface area contributed by atoms with Gasteiger partial charge in [0.1, 0.15) is 0 Å². The number of hydrogen-bond acceptors (Lipinski definition) is 3. The van der Waals surface area contributed by atoms with E-state index in [1.807, 2.05) is 0 Å². The lowest BCUT2D eigenvalue weighted by atomic mass is 9.95. The summed E-state index contributed by atoms with van der Waals surface area (Å²) in [5.41, 5.74) is 8.87. The van der Waals surface area contributed by atoms with E-state index < -0.39 is 0 Å². The molecule has 0 radical (unpaired) electrons. The summed E-state index contributed by atoms with van der Waals surface area (Å²) < 4.78 is 0. The van der Waals surface area contributed by atoms with Gasteiger partial charge in [0.2, 0.25) is 0 Å². The van der Waals surface area contributed by atoms with Crippen molar-refractivity contribution in [1.29, 1.82) is 0 Å². The van der Waals surface area contributed by atoms with Crippen LogP contribution in [0, 0.1) is 27.7 Å². The Morgan fingerprint density at radius 1 is 1.19 bits per heavy atom. The molecular weight excluding hydrogens is 262 g/mol. The molecule has 0 saturated carbocycles. The Labute approximate surface area is 124 Å². The van der Waals surface area contributed by atoms with Crippen molar-refractivity contribution < 1.29 is 4.79 Å². The molecule has 0 saturated heterocycles.